The van der Waals surface area contributed by atoms with Crippen molar-refractivity contribution in [3.63, 3.8) is 0 Å². The molecule has 1 atom stereocenters. The predicted octanol–water partition coefficient (Wildman–Crippen LogP) is 4.99. The van der Waals surface area contributed by atoms with Gasteiger partial charge in [-0.25, -0.2) is 17.8 Å². The fourth-order valence-electron chi connectivity index (χ4n) is 3.69. The van der Waals surface area contributed by atoms with Gasteiger partial charge >= 0.3 is 6.18 Å². The molecular formula is C23H25F4N3O3S. The number of anilines is 1. The van der Waals surface area contributed by atoms with Crippen LogP contribution in [-0.2, 0) is 27.5 Å². The van der Waals surface area contributed by atoms with E-state index in [0.29, 0.717) is 17.5 Å². The Bertz CT molecular complexity index is 1210. The van der Waals surface area contributed by atoms with Gasteiger partial charge in [-0.15, -0.1) is 0 Å². The van der Waals surface area contributed by atoms with Crippen molar-refractivity contribution in [3.05, 3.63) is 64.7 Å². The number of nitrogens with zero attached hydrogens (tertiary/aromatic N) is 1. The highest BCUT2D eigenvalue weighted by Gasteiger charge is 2.33. The summed E-state index contributed by atoms with van der Waals surface area (Å²) in [5.41, 5.74) is 0.501. The van der Waals surface area contributed by atoms with Gasteiger partial charge in [0.1, 0.15) is 11.5 Å². The topological polar surface area (TPSA) is 88.2 Å². The number of rotatable bonds is 7. The van der Waals surface area contributed by atoms with E-state index in [1.165, 1.54) is 18.2 Å². The van der Waals surface area contributed by atoms with Crippen LogP contribution in [-0.4, -0.2) is 25.6 Å². The van der Waals surface area contributed by atoms with E-state index in [1.54, 1.807) is 6.92 Å². The highest BCUT2D eigenvalue weighted by Crippen LogP contribution is 2.33. The van der Waals surface area contributed by atoms with Crippen LogP contribution in [0.25, 0.3) is 5.57 Å². The summed E-state index contributed by atoms with van der Waals surface area (Å²) in [5, 5.41) is 2.69. The number of carbonyl (C=O) groups excluding carboxylic acids is 1. The Morgan fingerprint density at radius 3 is 2.50 bits per heavy atom. The monoisotopic (exact) mass is 499 g/mol. The third-order valence-electron chi connectivity index (χ3n) is 5.50. The zero-order chi connectivity index (χ0) is 25.1. The summed E-state index contributed by atoms with van der Waals surface area (Å²) in [4.78, 5) is 16.5. The summed E-state index contributed by atoms with van der Waals surface area (Å²) in [5.74, 6) is -2.09. The maximum atomic E-state index is 14.3. The molecule has 1 aromatic heterocycles. The van der Waals surface area contributed by atoms with E-state index in [9.17, 15) is 30.8 Å². The third kappa shape index (κ3) is 6.55. The molecule has 1 aromatic carbocycles. The van der Waals surface area contributed by atoms with Crippen LogP contribution in [0.4, 0.5) is 23.2 Å². The number of amides is 1. The van der Waals surface area contributed by atoms with Gasteiger partial charge in [-0.05, 0) is 67.5 Å². The zero-order valence-electron chi connectivity index (χ0n) is 18.7. The fourth-order valence-corrected chi connectivity index (χ4v) is 4.25. The second-order valence-corrected chi connectivity index (χ2v) is 9.98. The molecule has 0 fully saturated rings. The largest absolute Gasteiger partial charge is 0.433 e. The van der Waals surface area contributed by atoms with Crippen molar-refractivity contribution in [2.75, 3.05) is 11.0 Å². The van der Waals surface area contributed by atoms with Gasteiger partial charge in [0.2, 0.25) is 15.9 Å². The number of sulfonamides is 1. The van der Waals surface area contributed by atoms with E-state index < -0.39 is 39.5 Å². The van der Waals surface area contributed by atoms with Gasteiger partial charge in [-0.3, -0.25) is 9.52 Å². The quantitative estimate of drug-likeness (QED) is 0.526. The molecule has 1 amide bonds. The van der Waals surface area contributed by atoms with E-state index in [2.05, 4.69) is 10.3 Å². The Balaban J connectivity index is 1.77. The molecule has 1 aliphatic rings. The third-order valence-corrected chi connectivity index (χ3v) is 6.09. The molecule has 1 aliphatic carbocycles. The number of hydrogen-bond donors (Lipinski definition) is 2. The minimum Gasteiger partial charge on any atom is -0.351 e. The van der Waals surface area contributed by atoms with Gasteiger partial charge in [0.25, 0.3) is 0 Å². The Labute approximate surface area is 195 Å². The maximum Gasteiger partial charge on any atom is 0.433 e. The molecule has 11 heteroatoms. The van der Waals surface area contributed by atoms with Gasteiger partial charge in [0.15, 0.2) is 0 Å². The predicted molar refractivity (Wildman–Crippen MR) is 121 cm³/mol. The van der Waals surface area contributed by atoms with Crippen LogP contribution < -0.4 is 10.0 Å². The molecule has 0 bridgehead atoms. The van der Waals surface area contributed by atoms with E-state index in [4.69, 9.17) is 0 Å². The molecule has 2 N–H and O–H groups in total. The lowest BCUT2D eigenvalue weighted by Crippen LogP contribution is -2.28. The van der Waals surface area contributed by atoms with Gasteiger partial charge in [0, 0.05) is 6.54 Å². The number of carbonyl (C=O) groups is 1. The minimum absolute atomic E-state index is 0.0445. The minimum atomic E-state index is -4.58. The number of hydrogen-bond acceptors (Lipinski definition) is 4. The van der Waals surface area contributed by atoms with Gasteiger partial charge in [-0.1, -0.05) is 18.2 Å². The Hall–Kier alpha value is -2.95. The van der Waals surface area contributed by atoms with Crippen LogP contribution in [0.5, 0.6) is 0 Å². The number of alkyl halides is 3. The normalized spacial score (nSPS) is 15.4. The first-order chi connectivity index (χ1) is 15.8. The van der Waals surface area contributed by atoms with Gasteiger partial charge < -0.3 is 5.32 Å². The zero-order valence-corrected chi connectivity index (χ0v) is 19.5. The molecule has 0 aliphatic heterocycles. The van der Waals surface area contributed by atoms with Crippen molar-refractivity contribution in [2.24, 2.45) is 0 Å². The summed E-state index contributed by atoms with van der Waals surface area (Å²) in [6.07, 6.45) is 1.37. The van der Waals surface area contributed by atoms with E-state index >= 15 is 0 Å². The molecule has 34 heavy (non-hydrogen) atoms. The second kappa shape index (κ2) is 10.1. The number of pyridine rings is 1. The molecular weight excluding hydrogens is 474 g/mol. The molecule has 0 radical (unpaired) electrons. The standard InChI is InChI=1S/C23H25F4N3O3S/c1-14(16-8-10-19(18(24)12-16)30-34(2,32)33)22(31)28-13-17-9-11-20(23(25,26)27)29-21(17)15-6-4-3-5-7-15/h6,8-12,14,30H,3-5,7,13H2,1-2H3,(H,28,31). The van der Waals surface area contributed by atoms with Crippen molar-refractivity contribution >= 4 is 27.2 Å². The number of nitrogens with one attached hydrogen (secondary N) is 2. The van der Waals surface area contributed by atoms with Crippen LogP contribution in [0.3, 0.4) is 0 Å². The number of benzene rings is 1. The summed E-state index contributed by atoms with van der Waals surface area (Å²) in [7, 11) is -3.66. The lowest BCUT2D eigenvalue weighted by Gasteiger charge is -2.19. The van der Waals surface area contributed by atoms with Crippen molar-refractivity contribution < 1.29 is 30.8 Å². The summed E-state index contributed by atoms with van der Waals surface area (Å²) in [6, 6.07) is 5.93. The molecule has 0 saturated heterocycles. The molecule has 184 valence electrons. The molecule has 2 aromatic rings. The van der Waals surface area contributed by atoms with Crippen molar-refractivity contribution in [1.82, 2.24) is 10.3 Å². The van der Waals surface area contributed by atoms with Crippen LogP contribution in [0.1, 0.15) is 61.0 Å². The lowest BCUT2D eigenvalue weighted by atomic mass is 9.94. The van der Waals surface area contributed by atoms with Crippen LogP contribution >= 0.6 is 0 Å². The summed E-state index contributed by atoms with van der Waals surface area (Å²) >= 11 is 0. The first-order valence-electron chi connectivity index (χ1n) is 10.7. The summed E-state index contributed by atoms with van der Waals surface area (Å²) in [6.45, 7) is 1.50. The Kier molecular flexibility index (Phi) is 7.64. The SMILES string of the molecule is CC(C(=O)NCc1ccc(C(F)(F)F)nc1C1=CCCCC1)c1ccc(NS(C)(=O)=O)c(F)c1. The second-order valence-electron chi connectivity index (χ2n) is 8.23. The van der Waals surface area contributed by atoms with Gasteiger partial charge in [-0.2, -0.15) is 13.2 Å². The molecule has 6 nitrogen and oxygen atoms in total. The Morgan fingerprint density at radius 1 is 1.18 bits per heavy atom. The smallest absolute Gasteiger partial charge is 0.351 e. The van der Waals surface area contributed by atoms with Gasteiger partial charge in [0.05, 0.1) is 23.6 Å². The average molecular weight is 500 g/mol. The highest BCUT2D eigenvalue weighted by molar-refractivity contribution is 7.92. The van der Waals surface area contributed by atoms with Crippen LogP contribution in [0.15, 0.2) is 36.4 Å². The Morgan fingerprint density at radius 2 is 1.91 bits per heavy atom. The number of halogens is 4. The van der Waals surface area contributed by atoms with Crippen LogP contribution in [0, 0.1) is 5.82 Å². The molecule has 1 heterocycles. The number of allylic oxidation sites excluding steroid dienone is 2. The first kappa shape index (κ1) is 25.7. The molecule has 0 saturated carbocycles. The van der Waals surface area contributed by atoms with Crippen LogP contribution in [0.2, 0.25) is 0 Å². The lowest BCUT2D eigenvalue weighted by molar-refractivity contribution is -0.141. The fraction of sp³-hybridized carbons (Fsp3) is 0.391. The van der Waals surface area contributed by atoms with Crippen molar-refractivity contribution in [3.8, 4) is 0 Å². The van der Waals surface area contributed by atoms with Crippen molar-refractivity contribution in [2.45, 2.75) is 51.2 Å². The molecule has 0 spiro atoms. The average Bonchev–Trinajstić information content (AvgIpc) is 2.77. The maximum absolute atomic E-state index is 14.3. The van der Waals surface area contributed by atoms with Crippen molar-refractivity contribution in [1.29, 1.82) is 0 Å². The molecule has 1 unspecified atom stereocenters. The summed E-state index contributed by atoms with van der Waals surface area (Å²) < 4.78 is 78.6. The molecule has 3 rings (SSSR count). The number of aromatic nitrogens is 1. The first-order valence-corrected chi connectivity index (χ1v) is 12.6. The highest BCUT2D eigenvalue weighted by atomic mass is 32.2. The van der Waals surface area contributed by atoms with E-state index in [0.717, 1.165) is 43.2 Å². The van der Waals surface area contributed by atoms with E-state index in [-0.39, 0.29) is 17.9 Å². The van der Waals surface area contributed by atoms with E-state index in [1.807, 2.05) is 10.8 Å².